The minimum Gasteiger partial charge on any atom is -0.376 e. The van der Waals surface area contributed by atoms with Crippen LogP contribution in [0.5, 0.6) is 0 Å². The molecule has 2 aromatic rings. The van der Waals surface area contributed by atoms with Crippen molar-refractivity contribution >= 4 is 5.82 Å². The quantitative estimate of drug-likeness (QED) is 0.868. The van der Waals surface area contributed by atoms with Crippen molar-refractivity contribution in [2.24, 2.45) is 0 Å². The summed E-state index contributed by atoms with van der Waals surface area (Å²) in [5, 5.41) is 0. The van der Waals surface area contributed by atoms with E-state index in [-0.39, 0.29) is 0 Å². The third-order valence-electron chi connectivity index (χ3n) is 3.90. The molecule has 1 unspecified atom stereocenters. The predicted octanol–water partition coefficient (Wildman–Crippen LogP) is 2.85. The lowest BCUT2D eigenvalue weighted by Crippen LogP contribution is -2.33. The van der Waals surface area contributed by atoms with Crippen LogP contribution in [0.2, 0.25) is 0 Å². The molecule has 0 N–H and O–H groups in total. The van der Waals surface area contributed by atoms with Gasteiger partial charge in [-0.1, -0.05) is 0 Å². The number of ether oxygens (including phenoxy) is 1. The summed E-state index contributed by atoms with van der Waals surface area (Å²) in [6.07, 6.45) is 7.41. The summed E-state index contributed by atoms with van der Waals surface area (Å²) in [6.45, 7) is 3.74. The van der Waals surface area contributed by atoms with E-state index < -0.39 is 0 Å². The molecular weight excluding hydrogens is 276 g/mol. The van der Waals surface area contributed by atoms with Crippen molar-refractivity contribution in [2.75, 3.05) is 25.1 Å². The van der Waals surface area contributed by atoms with Gasteiger partial charge in [-0.2, -0.15) is 0 Å². The van der Waals surface area contributed by atoms with E-state index in [2.05, 4.69) is 26.9 Å². The van der Waals surface area contributed by atoms with Crippen LogP contribution in [0.1, 0.15) is 25.0 Å². The number of rotatable bonds is 4. The van der Waals surface area contributed by atoms with Gasteiger partial charge in [0.05, 0.1) is 6.10 Å². The van der Waals surface area contributed by atoms with Gasteiger partial charge >= 0.3 is 0 Å². The van der Waals surface area contributed by atoms with Gasteiger partial charge in [-0.15, -0.1) is 0 Å². The van der Waals surface area contributed by atoms with E-state index in [0.29, 0.717) is 6.10 Å². The Labute approximate surface area is 131 Å². The van der Waals surface area contributed by atoms with Crippen LogP contribution in [0.25, 0.3) is 11.4 Å². The highest BCUT2D eigenvalue weighted by molar-refractivity contribution is 5.56. The third kappa shape index (κ3) is 3.60. The van der Waals surface area contributed by atoms with Crippen LogP contribution in [0.15, 0.2) is 30.6 Å². The molecule has 1 aliphatic rings. The van der Waals surface area contributed by atoms with E-state index >= 15 is 0 Å². The summed E-state index contributed by atoms with van der Waals surface area (Å²) < 4.78 is 5.82. The average Bonchev–Trinajstić information content (AvgIpc) is 2.56. The van der Waals surface area contributed by atoms with E-state index in [1.807, 2.05) is 25.1 Å². The number of likely N-dealkylation sites (N-methyl/N-ethyl adjacent to an activating group) is 1. The second-order valence-electron chi connectivity index (χ2n) is 5.80. The first-order valence-electron chi connectivity index (χ1n) is 7.81. The highest BCUT2D eigenvalue weighted by atomic mass is 16.5. The molecule has 22 heavy (non-hydrogen) atoms. The lowest BCUT2D eigenvalue weighted by atomic mass is 10.1. The number of hydrogen-bond acceptors (Lipinski definition) is 5. The molecule has 0 spiro atoms. The van der Waals surface area contributed by atoms with Crippen LogP contribution in [0, 0.1) is 6.92 Å². The summed E-state index contributed by atoms with van der Waals surface area (Å²) in [5.41, 5.74) is 1.90. The van der Waals surface area contributed by atoms with Crippen LogP contribution in [-0.4, -0.2) is 41.3 Å². The normalized spacial score (nSPS) is 18.2. The van der Waals surface area contributed by atoms with Crippen molar-refractivity contribution < 1.29 is 4.74 Å². The number of nitrogens with zero attached hydrogens (tertiary/aromatic N) is 4. The SMILES string of the molecule is Cc1cc(N(C)CC2CCCCO2)nc(-c2cccnc2)n1. The van der Waals surface area contributed by atoms with Crippen LogP contribution < -0.4 is 4.90 Å². The van der Waals surface area contributed by atoms with Gasteiger partial charge in [0.15, 0.2) is 5.82 Å². The third-order valence-corrected chi connectivity index (χ3v) is 3.90. The number of anilines is 1. The Morgan fingerprint density at radius 2 is 2.23 bits per heavy atom. The minimum absolute atomic E-state index is 0.302. The molecule has 1 aliphatic heterocycles. The van der Waals surface area contributed by atoms with Gasteiger partial charge in [-0.3, -0.25) is 4.98 Å². The predicted molar refractivity (Wildman–Crippen MR) is 86.9 cm³/mol. The van der Waals surface area contributed by atoms with Crippen LogP contribution >= 0.6 is 0 Å². The minimum atomic E-state index is 0.302. The molecule has 3 heterocycles. The van der Waals surface area contributed by atoms with Crippen molar-refractivity contribution in [3.8, 4) is 11.4 Å². The maximum atomic E-state index is 5.82. The molecule has 3 rings (SSSR count). The number of pyridine rings is 1. The first-order chi connectivity index (χ1) is 10.7. The number of hydrogen-bond donors (Lipinski definition) is 0. The fourth-order valence-electron chi connectivity index (χ4n) is 2.72. The van der Waals surface area contributed by atoms with E-state index in [9.17, 15) is 0 Å². The van der Waals surface area contributed by atoms with Crippen molar-refractivity contribution in [2.45, 2.75) is 32.3 Å². The zero-order valence-electron chi connectivity index (χ0n) is 13.2. The summed E-state index contributed by atoms with van der Waals surface area (Å²) in [7, 11) is 2.06. The Morgan fingerprint density at radius 1 is 1.32 bits per heavy atom. The first-order valence-corrected chi connectivity index (χ1v) is 7.81. The summed E-state index contributed by atoms with van der Waals surface area (Å²) in [5.74, 6) is 1.65. The molecule has 0 aliphatic carbocycles. The van der Waals surface area contributed by atoms with E-state index in [4.69, 9.17) is 4.74 Å². The Balaban J connectivity index is 1.79. The van der Waals surface area contributed by atoms with Crippen molar-refractivity contribution in [3.05, 3.63) is 36.3 Å². The Bertz CT molecular complexity index is 611. The van der Waals surface area contributed by atoms with Crippen LogP contribution in [-0.2, 0) is 4.74 Å². The standard InChI is InChI=1S/C17H22N4O/c1-13-10-16(21(2)12-15-7-3-4-9-22-15)20-17(19-13)14-6-5-8-18-11-14/h5-6,8,10-11,15H,3-4,7,9,12H2,1-2H3. The second-order valence-corrected chi connectivity index (χ2v) is 5.80. The first kappa shape index (κ1) is 14.9. The number of aryl methyl sites for hydroxylation is 1. The molecular formula is C17H22N4O. The molecule has 1 atom stereocenters. The van der Waals surface area contributed by atoms with Crippen LogP contribution in [0.4, 0.5) is 5.82 Å². The largest absolute Gasteiger partial charge is 0.376 e. The highest BCUT2D eigenvalue weighted by Gasteiger charge is 2.17. The molecule has 5 heteroatoms. The molecule has 5 nitrogen and oxygen atoms in total. The maximum Gasteiger partial charge on any atom is 0.163 e. The lowest BCUT2D eigenvalue weighted by molar-refractivity contribution is 0.0215. The molecule has 116 valence electrons. The van der Waals surface area contributed by atoms with E-state index in [0.717, 1.165) is 42.5 Å². The monoisotopic (exact) mass is 298 g/mol. The van der Waals surface area contributed by atoms with Gasteiger partial charge in [0.25, 0.3) is 0 Å². The average molecular weight is 298 g/mol. The fraction of sp³-hybridized carbons (Fsp3) is 0.471. The Kier molecular flexibility index (Phi) is 4.63. The van der Waals surface area contributed by atoms with E-state index in [1.54, 1.807) is 12.4 Å². The zero-order valence-corrected chi connectivity index (χ0v) is 13.2. The topological polar surface area (TPSA) is 51.1 Å². The zero-order chi connectivity index (χ0) is 15.4. The van der Waals surface area contributed by atoms with Gasteiger partial charge in [0.2, 0.25) is 0 Å². The molecule has 0 saturated carbocycles. The summed E-state index contributed by atoms with van der Waals surface area (Å²) in [4.78, 5) is 15.5. The molecule has 1 fully saturated rings. The fourth-order valence-corrected chi connectivity index (χ4v) is 2.72. The molecule has 2 aromatic heterocycles. The van der Waals surface area contributed by atoms with Gasteiger partial charge < -0.3 is 9.64 Å². The molecule has 1 saturated heterocycles. The van der Waals surface area contributed by atoms with Crippen molar-refractivity contribution in [1.29, 1.82) is 0 Å². The molecule has 0 aromatic carbocycles. The van der Waals surface area contributed by atoms with Gasteiger partial charge in [0.1, 0.15) is 5.82 Å². The van der Waals surface area contributed by atoms with Gasteiger partial charge in [-0.05, 0) is 38.3 Å². The van der Waals surface area contributed by atoms with E-state index in [1.165, 1.54) is 12.8 Å². The van der Waals surface area contributed by atoms with Gasteiger partial charge in [-0.25, -0.2) is 9.97 Å². The van der Waals surface area contributed by atoms with Gasteiger partial charge in [0, 0.05) is 49.9 Å². The van der Waals surface area contributed by atoms with Crippen molar-refractivity contribution in [1.82, 2.24) is 15.0 Å². The molecule has 0 bridgehead atoms. The second kappa shape index (κ2) is 6.83. The summed E-state index contributed by atoms with van der Waals surface area (Å²) >= 11 is 0. The highest BCUT2D eigenvalue weighted by Crippen LogP contribution is 2.20. The molecule has 0 radical (unpaired) electrons. The van der Waals surface area contributed by atoms with Crippen LogP contribution in [0.3, 0.4) is 0 Å². The maximum absolute atomic E-state index is 5.82. The smallest absolute Gasteiger partial charge is 0.163 e. The summed E-state index contributed by atoms with van der Waals surface area (Å²) in [6, 6.07) is 5.90. The lowest BCUT2D eigenvalue weighted by Gasteiger charge is -2.28. The Morgan fingerprint density at radius 3 is 2.95 bits per heavy atom. The Hall–Kier alpha value is -2.01. The number of aromatic nitrogens is 3. The van der Waals surface area contributed by atoms with Crippen molar-refractivity contribution in [3.63, 3.8) is 0 Å². The molecule has 0 amide bonds.